The Balaban J connectivity index is 1.96. The smallest absolute Gasteiger partial charge is 0.271 e. The second kappa shape index (κ2) is 5.92. The fourth-order valence-electron chi connectivity index (χ4n) is 1.53. The van der Waals surface area contributed by atoms with Gasteiger partial charge in [0.15, 0.2) is 0 Å². The van der Waals surface area contributed by atoms with Crippen molar-refractivity contribution in [2.75, 3.05) is 0 Å². The van der Waals surface area contributed by atoms with Gasteiger partial charge in [-0.2, -0.15) is 0 Å². The second-order valence-electron chi connectivity index (χ2n) is 4.00. The molecule has 19 heavy (non-hydrogen) atoms. The van der Waals surface area contributed by atoms with E-state index in [-0.39, 0.29) is 17.2 Å². The fraction of sp³-hybridized carbons (Fsp3) is 0.154. The molecule has 1 amide bonds. The fourth-order valence-corrected chi connectivity index (χ4v) is 1.53. The Morgan fingerprint density at radius 1 is 1.26 bits per heavy atom. The first-order chi connectivity index (χ1) is 9.19. The quantitative estimate of drug-likeness (QED) is 0.727. The highest BCUT2D eigenvalue weighted by molar-refractivity contribution is 5.91. The molecule has 2 rings (SSSR count). The molecule has 6 heteroatoms. The largest absolute Gasteiger partial charge is 0.347 e. The zero-order valence-electron chi connectivity index (χ0n) is 10.2. The maximum atomic E-state index is 11.7. The third-order valence-corrected chi connectivity index (χ3v) is 2.62. The average molecular weight is 258 g/mol. The van der Waals surface area contributed by atoms with Gasteiger partial charge in [0.2, 0.25) is 0 Å². The van der Waals surface area contributed by atoms with Crippen molar-refractivity contribution in [2.24, 2.45) is 5.73 Å². The van der Waals surface area contributed by atoms with E-state index in [4.69, 9.17) is 5.73 Å². The normalized spacial score (nSPS) is 10.2. The van der Waals surface area contributed by atoms with Crippen LogP contribution in [0.3, 0.4) is 0 Å². The number of rotatable bonds is 4. The molecule has 0 bridgehead atoms. The lowest BCUT2D eigenvalue weighted by molar-refractivity contribution is 0.0945. The summed E-state index contributed by atoms with van der Waals surface area (Å²) >= 11 is 0. The lowest BCUT2D eigenvalue weighted by Crippen LogP contribution is -2.25. The maximum Gasteiger partial charge on any atom is 0.271 e. The highest BCUT2D eigenvalue weighted by atomic mass is 16.2. The van der Waals surface area contributed by atoms with E-state index >= 15 is 0 Å². The minimum Gasteiger partial charge on any atom is -0.347 e. The third-order valence-electron chi connectivity index (χ3n) is 2.62. The van der Waals surface area contributed by atoms with Gasteiger partial charge in [-0.05, 0) is 11.1 Å². The minimum absolute atomic E-state index is 0.179. The molecule has 4 N–H and O–H groups in total. The summed E-state index contributed by atoms with van der Waals surface area (Å²) in [6.45, 7) is 0.887. The Bertz CT molecular complexity index is 599. The van der Waals surface area contributed by atoms with E-state index < -0.39 is 0 Å². The number of nitrogens with two attached hydrogens (primary N) is 1. The van der Waals surface area contributed by atoms with Gasteiger partial charge in [0.25, 0.3) is 11.5 Å². The van der Waals surface area contributed by atoms with Crippen LogP contribution in [-0.2, 0) is 13.1 Å². The molecule has 1 heterocycles. The molecule has 98 valence electrons. The maximum absolute atomic E-state index is 11.7. The number of carbonyl (C=O) groups is 1. The molecule has 0 unspecified atom stereocenters. The molecule has 6 nitrogen and oxygen atoms in total. The number of hydrogen-bond acceptors (Lipinski definition) is 4. The predicted octanol–water partition coefficient (Wildman–Crippen LogP) is 0.159. The van der Waals surface area contributed by atoms with Gasteiger partial charge in [-0.1, -0.05) is 24.3 Å². The zero-order chi connectivity index (χ0) is 13.7. The molecule has 0 radical (unpaired) electrons. The van der Waals surface area contributed by atoms with E-state index in [1.807, 2.05) is 24.3 Å². The highest BCUT2D eigenvalue weighted by Gasteiger charge is 2.06. The van der Waals surface area contributed by atoms with Crippen molar-refractivity contribution in [1.29, 1.82) is 0 Å². The number of H-pyrrole nitrogens is 1. The van der Waals surface area contributed by atoms with Gasteiger partial charge in [-0.15, -0.1) is 0 Å². The van der Waals surface area contributed by atoms with Crippen LogP contribution < -0.4 is 16.6 Å². The molecule has 0 atom stereocenters. The van der Waals surface area contributed by atoms with Gasteiger partial charge in [-0.25, -0.2) is 4.98 Å². The van der Waals surface area contributed by atoms with Crippen molar-refractivity contribution in [1.82, 2.24) is 15.3 Å². The monoisotopic (exact) mass is 258 g/mol. The zero-order valence-corrected chi connectivity index (χ0v) is 10.2. The molecule has 2 aromatic rings. The summed E-state index contributed by atoms with van der Waals surface area (Å²) in [5.74, 6) is -0.334. The van der Waals surface area contributed by atoms with Gasteiger partial charge in [0, 0.05) is 19.3 Å². The first-order valence-corrected chi connectivity index (χ1v) is 5.80. The molecule has 0 saturated heterocycles. The first-order valence-electron chi connectivity index (χ1n) is 5.80. The van der Waals surface area contributed by atoms with Crippen molar-refractivity contribution in [3.8, 4) is 0 Å². The molecule has 1 aromatic heterocycles. The van der Waals surface area contributed by atoms with Crippen LogP contribution in [0.2, 0.25) is 0 Å². The summed E-state index contributed by atoms with van der Waals surface area (Å²) in [6.07, 6.45) is 2.36. The van der Waals surface area contributed by atoms with Crippen molar-refractivity contribution in [3.63, 3.8) is 0 Å². The lowest BCUT2D eigenvalue weighted by Gasteiger charge is -2.05. The first kappa shape index (κ1) is 13.0. The van der Waals surface area contributed by atoms with Crippen molar-refractivity contribution >= 4 is 5.91 Å². The summed E-state index contributed by atoms with van der Waals surface area (Å²) in [5, 5.41) is 2.72. The topological polar surface area (TPSA) is 101 Å². The number of benzene rings is 1. The molecule has 0 saturated carbocycles. The number of nitrogens with zero attached hydrogens (tertiary/aromatic N) is 1. The van der Waals surface area contributed by atoms with Crippen LogP contribution in [0, 0.1) is 0 Å². The van der Waals surface area contributed by atoms with Crippen molar-refractivity contribution < 1.29 is 4.79 Å². The highest BCUT2D eigenvalue weighted by Crippen LogP contribution is 2.03. The van der Waals surface area contributed by atoms with Crippen LogP contribution in [0.5, 0.6) is 0 Å². The lowest BCUT2D eigenvalue weighted by atomic mass is 10.1. The molecule has 1 aromatic carbocycles. The molecular formula is C13H14N4O2. The average Bonchev–Trinajstić information content (AvgIpc) is 2.46. The molecule has 0 aliphatic rings. The van der Waals surface area contributed by atoms with E-state index in [1.165, 1.54) is 6.20 Å². The summed E-state index contributed by atoms with van der Waals surface area (Å²) < 4.78 is 0. The number of hydrogen-bond donors (Lipinski definition) is 3. The number of carbonyl (C=O) groups excluding carboxylic acids is 1. The molecule has 0 aliphatic carbocycles. The Morgan fingerprint density at radius 2 is 1.95 bits per heavy atom. The van der Waals surface area contributed by atoms with Crippen LogP contribution in [0.15, 0.2) is 41.5 Å². The minimum atomic E-state index is -0.339. The van der Waals surface area contributed by atoms with Crippen LogP contribution >= 0.6 is 0 Å². The van der Waals surface area contributed by atoms with E-state index in [0.29, 0.717) is 13.1 Å². The summed E-state index contributed by atoms with van der Waals surface area (Å²) in [5.41, 5.74) is 7.35. The SMILES string of the molecule is NCc1ccc(CNC(=O)c2c[nH]c(=O)cn2)cc1. The van der Waals surface area contributed by atoms with Crippen LogP contribution in [0.4, 0.5) is 0 Å². The number of aromatic amines is 1. The molecule has 0 fully saturated rings. The standard InChI is InChI=1S/C13H14N4O2/c14-5-9-1-3-10(4-2-9)6-17-13(19)11-7-16-12(18)8-15-11/h1-4,7-8H,5-6,14H2,(H,16,18)(H,17,19). The van der Waals surface area contributed by atoms with E-state index in [0.717, 1.165) is 17.3 Å². The van der Waals surface area contributed by atoms with Crippen molar-refractivity contribution in [3.05, 3.63) is 63.8 Å². The van der Waals surface area contributed by atoms with Crippen molar-refractivity contribution in [2.45, 2.75) is 13.1 Å². The van der Waals surface area contributed by atoms with Gasteiger partial charge in [0.1, 0.15) is 5.69 Å². The second-order valence-corrected chi connectivity index (χ2v) is 4.00. The summed E-state index contributed by atoms with van der Waals surface area (Å²) in [6, 6.07) is 7.64. The Labute approximate surface area is 109 Å². The third kappa shape index (κ3) is 3.49. The summed E-state index contributed by atoms with van der Waals surface area (Å²) in [4.78, 5) is 28.7. The van der Waals surface area contributed by atoms with Crippen LogP contribution in [0.25, 0.3) is 0 Å². The number of nitrogens with one attached hydrogen (secondary N) is 2. The molecular weight excluding hydrogens is 244 g/mol. The molecule has 0 spiro atoms. The molecule has 0 aliphatic heterocycles. The Morgan fingerprint density at radius 3 is 2.53 bits per heavy atom. The van der Waals surface area contributed by atoms with Gasteiger partial charge in [-0.3, -0.25) is 9.59 Å². The van der Waals surface area contributed by atoms with Gasteiger partial charge < -0.3 is 16.0 Å². The predicted molar refractivity (Wildman–Crippen MR) is 70.4 cm³/mol. The van der Waals surface area contributed by atoms with Gasteiger partial charge >= 0.3 is 0 Å². The number of amides is 1. The Kier molecular flexibility index (Phi) is 4.04. The van der Waals surface area contributed by atoms with Gasteiger partial charge in [0.05, 0.1) is 6.20 Å². The van der Waals surface area contributed by atoms with E-state index in [2.05, 4.69) is 15.3 Å². The summed E-state index contributed by atoms with van der Waals surface area (Å²) in [7, 11) is 0. The van der Waals surface area contributed by atoms with Crippen LogP contribution in [-0.4, -0.2) is 15.9 Å². The van der Waals surface area contributed by atoms with E-state index in [1.54, 1.807) is 0 Å². The number of aromatic nitrogens is 2. The Hall–Kier alpha value is -2.47. The van der Waals surface area contributed by atoms with Crippen LogP contribution in [0.1, 0.15) is 21.6 Å². The van der Waals surface area contributed by atoms with E-state index in [9.17, 15) is 9.59 Å².